The van der Waals surface area contributed by atoms with Crippen LogP contribution in [0.1, 0.15) is 36.9 Å². The SMILES string of the molecule is CC1=NN(c2ccc(S(N)(=O)=O)cc2)C(=O)C1=Cc1ccc(-c2ccc(C(=O)OC(C)C)cc2)o1. The minimum atomic E-state index is -3.84. The van der Waals surface area contributed by atoms with E-state index in [0.29, 0.717) is 34.1 Å². The van der Waals surface area contributed by atoms with Crippen molar-refractivity contribution in [3.8, 4) is 11.3 Å². The molecule has 0 spiro atoms. The Bertz CT molecular complexity index is 1450. The second-order valence-electron chi connectivity index (χ2n) is 8.13. The number of sulfonamides is 1. The highest BCUT2D eigenvalue weighted by molar-refractivity contribution is 7.89. The number of hydrazone groups is 1. The van der Waals surface area contributed by atoms with Gasteiger partial charge in [-0.1, -0.05) is 12.1 Å². The molecule has 1 aliphatic rings. The molecule has 0 saturated heterocycles. The van der Waals surface area contributed by atoms with Crippen LogP contribution in [0.4, 0.5) is 5.69 Å². The lowest BCUT2D eigenvalue weighted by molar-refractivity contribution is -0.114. The standard InChI is InChI=1S/C25H23N3O6S/c1-15(2)33-25(30)18-6-4-17(5-7-18)23-13-10-20(34-23)14-22-16(3)27-28(24(22)29)19-8-11-21(12-9-19)35(26,31)32/h4-15H,1-3H3,(H2,26,31,32). The molecule has 2 N–H and O–H groups in total. The molecular formula is C25H23N3O6S. The molecule has 2 aromatic carbocycles. The van der Waals surface area contributed by atoms with Crippen molar-refractivity contribution in [2.45, 2.75) is 31.8 Å². The number of amides is 1. The summed E-state index contributed by atoms with van der Waals surface area (Å²) in [5, 5.41) is 10.6. The monoisotopic (exact) mass is 493 g/mol. The first-order chi connectivity index (χ1) is 16.5. The number of nitrogens with two attached hydrogens (primary N) is 1. The fraction of sp³-hybridized carbons (Fsp3) is 0.160. The van der Waals surface area contributed by atoms with E-state index in [2.05, 4.69) is 5.10 Å². The Morgan fingerprint density at radius 3 is 2.31 bits per heavy atom. The number of esters is 1. The summed E-state index contributed by atoms with van der Waals surface area (Å²) in [6.45, 7) is 5.27. The first-order valence-corrected chi connectivity index (χ1v) is 12.2. The Labute approximate surface area is 202 Å². The van der Waals surface area contributed by atoms with E-state index in [1.807, 2.05) is 0 Å². The van der Waals surface area contributed by atoms with Gasteiger partial charge in [-0.2, -0.15) is 10.1 Å². The Hall–Kier alpha value is -4.02. The van der Waals surface area contributed by atoms with Crippen LogP contribution in [0, 0.1) is 0 Å². The van der Waals surface area contributed by atoms with E-state index in [1.54, 1.807) is 63.2 Å². The molecular weight excluding hydrogens is 470 g/mol. The molecule has 4 rings (SSSR count). The largest absolute Gasteiger partial charge is 0.459 e. The number of benzene rings is 2. The van der Waals surface area contributed by atoms with Gasteiger partial charge in [0.25, 0.3) is 5.91 Å². The molecule has 180 valence electrons. The number of hydrogen-bond acceptors (Lipinski definition) is 7. The first-order valence-electron chi connectivity index (χ1n) is 10.7. The molecule has 2 heterocycles. The van der Waals surface area contributed by atoms with Crippen LogP contribution < -0.4 is 10.1 Å². The summed E-state index contributed by atoms with van der Waals surface area (Å²) in [5.41, 5.74) is 2.43. The van der Waals surface area contributed by atoms with E-state index < -0.39 is 16.0 Å². The maximum atomic E-state index is 13.0. The number of carbonyl (C=O) groups is 2. The van der Waals surface area contributed by atoms with Crippen LogP contribution in [0.3, 0.4) is 0 Å². The molecule has 0 atom stereocenters. The number of carbonyl (C=O) groups excluding carboxylic acids is 2. The maximum Gasteiger partial charge on any atom is 0.338 e. The number of nitrogens with zero attached hydrogens (tertiary/aromatic N) is 2. The van der Waals surface area contributed by atoms with Gasteiger partial charge in [-0.3, -0.25) is 4.79 Å². The van der Waals surface area contributed by atoms with E-state index >= 15 is 0 Å². The van der Waals surface area contributed by atoms with Crippen molar-refractivity contribution in [2.75, 3.05) is 5.01 Å². The Morgan fingerprint density at radius 1 is 1.06 bits per heavy atom. The van der Waals surface area contributed by atoms with Crippen molar-refractivity contribution in [2.24, 2.45) is 10.2 Å². The third kappa shape index (κ3) is 5.23. The number of primary sulfonamides is 1. The number of furan rings is 1. The molecule has 0 aliphatic carbocycles. The van der Waals surface area contributed by atoms with Crippen LogP contribution in [0.2, 0.25) is 0 Å². The topological polar surface area (TPSA) is 132 Å². The van der Waals surface area contributed by atoms with Crippen molar-refractivity contribution in [3.63, 3.8) is 0 Å². The van der Waals surface area contributed by atoms with Gasteiger partial charge >= 0.3 is 5.97 Å². The summed E-state index contributed by atoms with van der Waals surface area (Å²) in [4.78, 5) is 24.9. The van der Waals surface area contributed by atoms with Crippen LogP contribution in [-0.2, 0) is 19.6 Å². The lowest BCUT2D eigenvalue weighted by atomic mass is 10.1. The van der Waals surface area contributed by atoms with E-state index in [1.165, 1.54) is 29.3 Å². The summed E-state index contributed by atoms with van der Waals surface area (Å²) >= 11 is 0. The van der Waals surface area contributed by atoms with Gasteiger partial charge in [-0.25, -0.2) is 18.4 Å². The predicted octanol–water partition coefficient (Wildman–Crippen LogP) is 3.97. The lowest BCUT2D eigenvalue weighted by Crippen LogP contribution is -2.21. The van der Waals surface area contributed by atoms with Crippen LogP contribution in [0.15, 0.2) is 80.7 Å². The number of rotatable bonds is 6. The molecule has 0 fully saturated rings. The second kappa shape index (κ2) is 9.32. The predicted molar refractivity (Wildman–Crippen MR) is 131 cm³/mol. The summed E-state index contributed by atoms with van der Waals surface area (Å²) in [7, 11) is -3.84. The highest BCUT2D eigenvalue weighted by Crippen LogP contribution is 2.28. The zero-order valence-electron chi connectivity index (χ0n) is 19.3. The van der Waals surface area contributed by atoms with Crippen LogP contribution in [0.5, 0.6) is 0 Å². The fourth-order valence-electron chi connectivity index (χ4n) is 3.42. The van der Waals surface area contributed by atoms with Crippen molar-refractivity contribution in [1.29, 1.82) is 0 Å². The van der Waals surface area contributed by atoms with E-state index in [0.717, 1.165) is 5.56 Å². The molecule has 0 bridgehead atoms. The average molecular weight is 494 g/mol. The van der Waals surface area contributed by atoms with Crippen LogP contribution in [-0.4, -0.2) is 32.1 Å². The van der Waals surface area contributed by atoms with E-state index in [-0.39, 0.29) is 16.9 Å². The highest BCUT2D eigenvalue weighted by Gasteiger charge is 2.29. The smallest absolute Gasteiger partial charge is 0.338 e. The Balaban J connectivity index is 1.52. The van der Waals surface area contributed by atoms with Crippen molar-refractivity contribution >= 4 is 39.4 Å². The normalized spacial score (nSPS) is 15.1. The maximum absolute atomic E-state index is 13.0. The number of hydrogen-bond donors (Lipinski definition) is 1. The molecule has 1 aromatic heterocycles. The highest BCUT2D eigenvalue weighted by atomic mass is 32.2. The Morgan fingerprint density at radius 2 is 1.71 bits per heavy atom. The summed E-state index contributed by atoms with van der Waals surface area (Å²) in [5.74, 6) is 0.246. The van der Waals surface area contributed by atoms with Crippen LogP contribution in [0.25, 0.3) is 17.4 Å². The molecule has 0 saturated carbocycles. The quantitative estimate of drug-likeness (QED) is 0.408. The third-order valence-electron chi connectivity index (χ3n) is 5.13. The molecule has 0 radical (unpaired) electrons. The first kappa shape index (κ1) is 24.1. The fourth-order valence-corrected chi connectivity index (χ4v) is 3.93. The molecule has 3 aromatic rings. The van der Waals surface area contributed by atoms with Gasteiger partial charge in [0.2, 0.25) is 10.0 Å². The minimum Gasteiger partial charge on any atom is -0.459 e. The summed E-state index contributed by atoms with van der Waals surface area (Å²) in [6, 6.07) is 15.9. The molecule has 0 unspecified atom stereocenters. The number of ether oxygens (including phenoxy) is 1. The van der Waals surface area contributed by atoms with Crippen LogP contribution >= 0.6 is 0 Å². The molecule has 1 amide bonds. The van der Waals surface area contributed by atoms with Gasteiger partial charge in [0.15, 0.2) is 0 Å². The zero-order valence-corrected chi connectivity index (χ0v) is 20.1. The van der Waals surface area contributed by atoms with Gasteiger partial charge in [-0.15, -0.1) is 0 Å². The number of anilines is 1. The van der Waals surface area contributed by atoms with Gasteiger partial charge in [0, 0.05) is 5.56 Å². The van der Waals surface area contributed by atoms with E-state index in [4.69, 9.17) is 14.3 Å². The van der Waals surface area contributed by atoms with Gasteiger partial charge < -0.3 is 9.15 Å². The van der Waals surface area contributed by atoms with Crippen molar-refractivity contribution in [3.05, 3.63) is 77.6 Å². The average Bonchev–Trinajstić information content (AvgIpc) is 3.38. The lowest BCUT2D eigenvalue weighted by Gasteiger charge is -2.11. The second-order valence-corrected chi connectivity index (χ2v) is 9.69. The minimum absolute atomic E-state index is 0.0580. The zero-order chi connectivity index (χ0) is 25.3. The van der Waals surface area contributed by atoms with Crippen molar-refractivity contribution in [1.82, 2.24) is 0 Å². The molecule has 35 heavy (non-hydrogen) atoms. The molecule has 9 nitrogen and oxygen atoms in total. The summed E-state index contributed by atoms with van der Waals surface area (Å²) in [6.07, 6.45) is 1.39. The third-order valence-corrected chi connectivity index (χ3v) is 6.06. The molecule has 10 heteroatoms. The summed E-state index contributed by atoms with van der Waals surface area (Å²) < 4.78 is 34.0. The molecule has 1 aliphatic heterocycles. The van der Waals surface area contributed by atoms with Gasteiger partial charge in [0.05, 0.1) is 33.5 Å². The van der Waals surface area contributed by atoms with Gasteiger partial charge in [-0.05, 0) is 75.4 Å². The Kier molecular flexibility index (Phi) is 6.42. The van der Waals surface area contributed by atoms with E-state index in [9.17, 15) is 18.0 Å². The van der Waals surface area contributed by atoms with Gasteiger partial charge in [0.1, 0.15) is 11.5 Å². The van der Waals surface area contributed by atoms with Crippen molar-refractivity contribution < 1.29 is 27.2 Å².